The molecule has 1 fully saturated rings. The maximum absolute atomic E-state index is 12.6. The molecular weight excluding hydrogens is 434 g/mol. The number of nitrogens with zero attached hydrogens (tertiary/aromatic N) is 3. The number of hydrogen-bond acceptors (Lipinski definition) is 8. The van der Waals surface area contributed by atoms with Gasteiger partial charge >= 0.3 is 0 Å². The normalized spacial score (nSPS) is 15.8. The van der Waals surface area contributed by atoms with Crippen LogP contribution in [0.1, 0.15) is 60.4 Å². The summed E-state index contributed by atoms with van der Waals surface area (Å²) in [4.78, 5) is 47.3. The first-order chi connectivity index (χ1) is 16.1. The van der Waals surface area contributed by atoms with Crippen LogP contribution in [0.2, 0.25) is 0 Å². The van der Waals surface area contributed by atoms with Crippen molar-refractivity contribution in [1.29, 1.82) is 0 Å². The van der Waals surface area contributed by atoms with E-state index in [1.165, 1.54) is 17.2 Å². The molecule has 0 unspecified atom stereocenters. The summed E-state index contributed by atoms with van der Waals surface area (Å²) >= 11 is 0. The Morgan fingerprint density at radius 3 is 2.41 bits per heavy atom. The van der Waals surface area contributed by atoms with Crippen molar-refractivity contribution in [2.45, 2.75) is 45.6 Å². The first-order valence-corrected chi connectivity index (χ1v) is 11.3. The number of carbonyl (C=O) groups excluding carboxylic acids is 1. The lowest BCUT2D eigenvalue weighted by Crippen LogP contribution is -2.40. The quantitative estimate of drug-likeness (QED) is 0.456. The molecule has 34 heavy (non-hydrogen) atoms. The molecule has 1 atom stereocenters. The number of pyridine rings is 2. The zero-order chi connectivity index (χ0) is 24.6. The summed E-state index contributed by atoms with van der Waals surface area (Å²) in [5.74, 6) is -0.871. The number of hydrogen-bond donors (Lipinski definition) is 3. The molecular formula is C25H29N5O4. The van der Waals surface area contributed by atoms with Gasteiger partial charge in [-0.25, -0.2) is 4.98 Å². The summed E-state index contributed by atoms with van der Waals surface area (Å²) in [7, 11) is 3.09. The molecule has 1 aliphatic carbocycles. The fourth-order valence-electron chi connectivity index (χ4n) is 4.69. The average Bonchev–Trinajstić information content (AvgIpc) is 3.26. The van der Waals surface area contributed by atoms with Gasteiger partial charge in [0.1, 0.15) is 11.4 Å². The molecule has 2 heterocycles. The molecule has 3 aromatic rings. The van der Waals surface area contributed by atoms with Gasteiger partial charge in [0.05, 0.1) is 17.4 Å². The van der Waals surface area contributed by atoms with Crippen molar-refractivity contribution in [2.24, 2.45) is 5.41 Å². The van der Waals surface area contributed by atoms with Gasteiger partial charge in [-0.15, -0.1) is 0 Å². The van der Waals surface area contributed by atoms with Crippen molar-refractivity contribution < 1.29 is 9.90 Å². The molecule has 4 rings (SSSR count). The lowest BCUT2D eigenvalue weighted by Gasteiger charge is -2.36. The zero-order valence-electron chi connectivity index (χ0n) is 19.8. The van der Waals surface area contributed by atoms with Crippen molar-refractivity contribution in [3.8, 4) is 5.75 Å². The molecule has 2 aromatic heterocycles. The molecule has 3 N–H and O–H groups in total. The third-order valence-electron chi connectivity index (χ3n) is 6.76. The van der Waals surface area contributed by atoms with E-state index in [0.29, 0.717) is 0 Å². The second kappa shape index (κ2) is 8.89. The van der Waals surface area contributed by atoms with Crippen LogP contribution in [0, 0.1) is 12.3 Å². The number of rotatable bonds is 7. The van der Waals surface area contributed by atoms with Gasteiger partial charge in [0.15, 0.2) is 11.4 Å². The fourth-order valence-corrected chi connectivity index (χ4v) is 4.69. The summed E-state index contributed by atoms with van der Waals surface area (Å²) in [5, 5.41) is 16.8. The topological polar surface area (TPSA) is 125 Å². The molecule has 0 saturated heterocycles. The highest BCUT2D eigenvalue weighted by molar-refractivity contribution is 5.97. The Labute approximate surface area is 197 Å². The van der Waals surface area contributed by atoms with E-state index in [4.69, 9.17) is 0 Å². The molecule has 178 valence electrons. The van der Waals surface area contributed by atoms with E-state index in [2.05, 4.69) is 27.5 Å². The molecule has 0 aliphatic heterocycles. The Hall–Kier alpha value is -3.75. The van der Waals surface area contributed by atoms with Crippen LogP contribution in [-0.2, 0) is 0 Å². The Morgan fingerprint density at radius 1 is 1.09 bits per heavy atom. The van der Waals surface area contributed by atoms with Crippen LogP contribution in [-0.4, -0.2) is 40.0 Å². The van der Waals surface area contributed by atoms with E-state index in [1.807, 2.05) is 19.1 Å². The Bertz CT molecular complexity index is 1300. The summed E-state index contributed by atoms with van der Waals surface area (Å²) < 4.78 is 0. The minimum atomic E-state index is -0.688. The van der Waals surface area contributed by atoms with E-state index in [1.54, 1.807) is 20.3 Å². The molecule has 9 nitrogen and oxygen atoms in total. The maximum Gasteiger partial charge on any atom is 0.275 e. The van der Waals surface area contributed by atoms with Gasteiger partial charge in [0.2, 0.25) is 0 Å². The average molecular weight is 464 g/mol. The Balaban J connectivity index is 1.70. The van der Waals surface area contributed by atoms with Gasteiger partial charge in [0, 0.05) is 26.5 Å². The summed E-state index contributed by atoms with van der Waals surface area (Å²) in [6.07, 6.45) is 7.21. The van der Waals surface area contributed by atoms with Gasteiger partial charge in [-0.1, -0.05) is 25.8 Å². The van der Waals surface area contributed by atoms with Crippen molar-refractivity contribution in [1.82, 2.24) is 14.9 Å². The van der Waals surface area contributed by atoms with Gasteiger partial charge in [-0.3, -0.25) is 19.4 Å². The smallest absolute Gasteiger partial charge is 0.275 e. The Kier molecular flexibility index (Phi) is 6.12. The number of carbonyl (C=O) groups is 1. The number of aromatic hydroxyl groups is 1. The third-order valence-corrected chi connectivity index (χ3v) is 6.76. The molecule has 9 heteroatoms. The predicted molar refractivity (Wildman–Crippen MR) is 130 cm³/mol. The maximum atomic E-state index is 12.6. The minimum Gasteiger partial charge on any atom is -0.504 e. The van der Waals surface area contributed by atoms with Gasteiger partial charge < -0.3 is 20.6 Å². The van der Waals surface area contributed by atoms with Crippen molar-refractivity contribution >= 4 is 23.0 Å². The lowest BCUT2D eigenvalue weighted by atomic mass is 9.77. The van der Waals surface area contributed by atoms with E-state index >= 15 is 0 Å². The SMILES string of the molecule is Cc1cccnc1[C@H](Nc1c(Nc2ccnc(C(=O)N(C)C)c2O)c(=O)c1=O)C1(C)CCCC1. The highest BCUT2D eigenvalue weighted by Gasteiger charge is 2.41. The standard InChI is InChI=1S/C25H29N5O4/c1-14-8-7-12-26-16(14)23(25(2)10-5-6-11-25)29-18-17(21(32)22(18)33)28-15-9-13-27-19(20(15)31)24(34)30(3)4/h7-9,12-13,23,29,31H,5-6,10-11H2,1-4H3,(H,27,28)/t23-/m0/s1. The number of anilines is 3. The highest BCUT2D eigenvalue weighted by atomic mass is 16.3. The molecule has 1 amide bonds. The second-order valence-corrected chi connectivity index (χ2v) is 9.43. The van der Waals surface area contributed by atoms with Crippen LogP contribution in [0.25, 0.3) is 0 Å². The largest absolute Gasteiger partial charge is 0.504 e. The zero-order valence-corrected chi connectivity index (χ0v) is 19.8. The number of amides is 1. The van der Waals surface area contributed by atoms with Crippen LogP contribution >= 0.6 is 0 Å². The van der Waals surface area contributed by atoms with Crippen LogP contribution in [0.3, 0.4) is 0 Å². The van der Waals surface area contributed by atoms with E-state index in [-0.39, 0.29) is 40.0 Å². The van der Waals surface area contributed by atoms with Crippen LogP contribution in [0.5, 0.6) is 5.75 Å². The lowest BCUT2D eigenvalue weighted by molar-refractivity contribution is 0.0819. The van der Waals surface area contributed by atoms with Gasteiger partial charge in [-0.05, 0) is 42.9 Å². The summed E-state index contributed by atoms with van der Waals surface area (Å²) in [6, 6.07) is 5.03. The Morgan fingerprint density at radius 2 is 1.76 bits per heavy atom. The molecule has 1 aliphatic rings. The van der Waals surface area contributed by atoms with Crippen molar-refractivity contribution in [3.63, 3.8) is 0 Å². The number of nitrogens with one attached hydrogen (secondary N) is 2. The van der Waals surface area contributed by atoms with E-state index in [9.17, 15) is 19.5 Å². The number of aryl methyl sites for hydroxylation is 1. The van der Waals surface area contributed by atoms with Crippen LogP contribution in [0.4, 0.5) is 17.1 Å². The molecule has 0 bridgehead atoms. The summed E-state index contributed by atoms with van der Waals surface area (Å²) in [5.41, 5.74) is 0.571. The molecule has 0 radical (unpaired) electrons. The van der Waals surface area contributed by atoms with Gasteiger partial charge in [0.25, 0.3) is 16.8 Å². The van der Waals surface area contributed by atoms with E-state index in [0.717, 1.165) is 36.9 Å². The van der Waals surface area contributed by atoms with Crippen molar-refractivity contribution in [3.05, 3.63) is 68.0 Å². The monoisotopic (exact) mass is 463 g/mol. The minimum absolute atomic E-state index is 0.0509. The number of aromatic nitrogens is 2. The summed E-state index contributed by atoms with van der Waals surface area (Å²) in [6.45, 7) is 4.16. The molecule has 0 spiro atoms. The first kappa shape index (κ1) is 23.4. The molecule has 1 saturated carbocycles. The third kappa shape index (κ3) is 4.02. The predicted octanol–water partition coefficient (Wildman–Crippen LogP) is 3.27. The molecule has 1 aromatic carbocycles. The van der Waals surface area contributed by atoms with Crippen LogP contribution < -0.4 is 21.5 Å². The first-order valence-electron chi connectivity index (χ1n) is 11.3. The van der Waals surface area contributed by atoms with Gasteiger partial charge in [-0.2, -0.15) is 0 Å². The van der Waals surface area contributed by atoms with Crippen LogP contribution in [0.15, 0.2) is 40.2 Å². The second-order valence-electron chi connectivity index (χ2n) is 9.43. The van der Waals surface area contributed by atoms with Crippen molar-refractivity contribution in [2.75, 3.05) is 24.7 Å². The highest BCUT2D eigenvalue weighted by Crippen LogP contribution is 2.49. The van der Waals surface area contributed by atoms with E-state index < -0.39 is 16.8 Å². The fraction of sp³-hybridized carbons (Fsp3) is 0.400.